The van der Waals surface area contributed by atoms with Crippen LogP contribution >= 0.6 is 11.3 Å². The van der Waals surface area contributed by atoms with E-state index in [0.29, 0.717) is 12.2 Å². The molecule has 0 spiro atoms. The highest BCUT2D eigenvalue weighted by Gasteiger charge is 2.09. The molecule has 0 aliphatic carbocycles. The number of aromatic nitrogens is 1. The minimum Gasteiger partial charge on any atom is -0.494 e. The predicted octanol–water partition coefficient (Wildman–Crippen LogP) is 5.34. The molecule has 4 nitrogen and oxygen atoms in total. The van der Waals surface area contributed by atoms with Crippen molar-refractivity contribution >= 4 is 28.7 Å². The van der Waals surface area contributed by atoms with Gasteiger partial charge >= 0.3 is 0 Å². The Morgan fingerprint density at radius 1 is 1.15 bits per heavy atom. The smallest absolute Gasteiger partial charge is 0.134 e. The lowest BCUT2D eigenvalue weighted by Gasteiger charge is -2.11. The number of nitrogens with zero attached hydrogens (tertiary/aromatic N) is 3. The summed E-state index contributed by atoms with van der Waals surface area (Å²) in [5, 5.41) is 12.3. The van der Waals surface area contributed by atoms with Gasteiger partial charge in [-0.2, -0.15) is 5.26 Å². The number of hydrogen-bond donors (Lipinski definition) is 0. The van der Waals surface area contributed by atoms with E-state index in [1.54, 1.807) is 0 Å². The second-order valence-corrected chi connectivity index (χ2v) is 7.01. The van der Waals surface area contributed by atoms with E-state index in [-0.39, 0.29) is 0 Å². The molecule has 0 atom stereocenters. The molecule has 2 aromatic carbocycles. The molecule has 3 aromatic rings. The van der Waals surface area contributed by atoms with E-state index in [1.807, 2.05) is 85.9 Å². The van der Waals surface area contributed by atoms with Gasteiger partial charge in [0.15, 0.2) is 0 Å². The highest BCUT2D eigenvalue weighted by atomic mass is 32.1. The largest absolute Gasteiger partial charge is 0.494 e. The van der Waals surface area contributed by atoms with Crippen LogP contribution < -0.4 is 9.64 Å². The Morgan fingerprint density at radius 3 is 2.44 bits per heavy atom. The first-order chi connectivity index (χ1) is 13.1. The summed E-state index contributed by atoms with van der Waals surface area (Å²) in [4.78, 5) is 6.69. The van der Waals surface area contributed by atoms with Gasteiger partial charge in [-0.05, 0) is 55.0 Å². The Morgan fingerprint density at radius 2 is 1.85 bits per heavy atom. The summed E-state index contributed by atoms with van der Waals surface area (Å²) in [5.74, 6) is 0.843. The van der Waals surface area contributed by atoms with Gasteiger partial charge in [0.25, 0.3) is 0 Å². The Kier molecular flexibility index (Phi) is 5.90. The van der Waals surface area contributed by atoms with E-state index < -0.39 is 0 Å². The molecule has 3 rings (SSSR count). The first-order valence-electron chi connectivity index (χ1n) is 8.69. The minimum atomic E-state index is 0.565. The highest BCUT2D eigenvalue weighted by molar-refractivity contribution is 7.11. The number of rotatable bonds is 6. The maximum absolute atomic E-state index is 9.58. The molecule has 1 heterocycles. The zero-order valence-electron chi connectivity index (χ0n) is 15.6. The molecule has 0 aliphatic heterocycles. The van der Waals surface area contributed by atoms with Crippen molar-refractivity contribution in [2.24, 2.45) is 0 Å². The summed E-state index contributed by atoms with van der Waals surface area (Å²) in [5.41, 5.74) is 4.54. The molecule has 27 heavy (non-hydrogen) atoms. The summed E-state index contributed by atoms with van der Waals surface area (Å²) in [6.07, 6.45) is 1.88. The molecular weight excluding hydrogens is 354 g/mol. The van der Waals surface area contributed by atoms with Crippen LogP contribution in [0.4, 0.5) is 5.69 Å². The monoisotopic (exact) mass is 375 g/mol. The average Bonchev–Trinajstić information content (AvgIpc) is 3.17. The maximum Gasteiger partial charge on any atom is 0.134 e. The first kappa shape index (κ1) is 18.7. The Balaban J connectivity index is 1.83. The fourth-order valence-corrected chi connectivity index (χ4v) is 3.39. The summed E-state index contributed by atoms with van der Waals surface area (Å²) >= 11 is 1.48. The van der Waals surface area contributed by atoms with Crippen LogP contribution in [0.2, 0.25) is 0 Å². The molecule has 136 valence electrons. The van der Waals surface area contributed by atoms with Crippen LogP contribution in [0, 0.1) is 11.3 Å². The van der Waals surface area contributed by atoms with E-state index in [1.165, 1.54) is 11.3 Å². The van der Waals surface area contributed by atoms with Gasteiger partial charge in [0.05, 0.1) is 17.9 Å². The van der Waals surface area contributed by atoms with Crippen molar-refractivity contribution in [1.29, 1.82) is 5.26 Å². The van der Waals surface area contributed by atoms with Crippen molar-refractivity contribution in [3.05, 3.63) is 64.5 Å². The van der Waals surface area contributed by atoms with Crippen LogP contribution in [-0.2, 0) is 0 Å². The van der Waals surface area contributed by atoms with Gasteiger partial charge in [0.1, 0.15) is 16.8 Å². The predicted molar refractivity (Wildman–Crippen MR) is 113 cm³/mol. The van der Waals surface area contributed by atoms with Crippen LogP contribution in [0.15, 0.2) is 53.9 Å². The van der Waals surface area contributed by atoms with E-state index in [0.717, 1.165) is 33.3 Å². The number of allylic oxidation sites excluding steroid dienone is 1. The topological polar surface area (TPSA) is 49.1 Å². The molecule has 0 unspecified atom stereocenters. The summed E-state index contributed by atoms with van der Waals surface area (Å²) in [6, 6.07) is 18.2. The van der Waals surface area contributed by atoms with Gasteiger partial charge in [-0.15, -0.1) is 11.3 Å². The van der Waals surface area contributed by atoms with Gasteiger partial charge in [-0.3, -0.25) is 0 Å². The number of thiazole rings is 1. The third kappa shape index (κ3) is 4.55. The summed E-state index contributed by atoms with van der Waals surface area (Å²) in [6.45, 7) is 2.61. The zero-order valence-corrected chi connectivity index (χ0v) is 16.5. The quantitative estimate of drug-likeness (QED) is 0.546. The lowest BCUT2D eigenvalue weighted by molar-refractivity contribution is 0.340. The van der Waals surface area contributed by atoms with Crippen molar-refractivity contribution in [3.63, 3.8) is 0 Å². The third-order valence-corrected chi connectivity index (χ3v) is 4.91. The Labute approximate surface area is 164 Å². The normalized spacial score (nSPS) is 11.1. The molecule has 0 bridgehead atoms. The standard InChI is InChI=1S/C22H21N3OS/c1-4-26-20-11-7-17(8-12-20)21-15-27-22(24-21)18(14-23)13-16-5-9-19(10-6-16)25(2)3/h5-13,15H,4H2,1-3H3. The first-order valence-corrected chi connectivity index (χ1v) is 9.57. The molecule has 0 radical (unpaired) electrons. The van der Waals surface area contributed by atoms with Gasteiger partial charge in [0, 0.05) is 30.7 Å². The van der Waals surface area contributed by atoms with E-state index >= 15 is 0 Å². The molecule has 1 aromatic heterocycles. The van der Waals surface area contributed by atoms with Gasteiger partial charge in [-0.25, -0.2) is 4.98 Å². The lowest BCUT2D eigenvalue weighted by Crippen LogP contribution is -2.07. The number of benzene rings is 2. The third-order valence-electron chi connectivity index (χ3n) is 4.04. The molecule has 0 amide bonds. The second-order valence-electron chi connectivity index (χ2n) is 6.15. The molecule has 0 aliphatic rings. The second kappa shape index (κ2) is 8.52. The molecular formula is C22H21N3OS. The van der Waals surface area contributed by atoms with Crippen molar-refractivity contribution in [2.45, 2.75) is 6.92 Å². The average molecular weight is 375 g/mol. The SMILES string of the molecule is CCOc1ccc(-c2csc(C(C#N)=Cc3ccc(N(C)C)cc3)n2)cc1. The van der Waals surface area contributed by atoms with Crippen LogP contribution in [0.3, 0.4) is 0 Å². The van der Waals surface area contributed by atoms with Crippen molar-refractivity contribution in [1.82, 2.24) is 4.98 Å². The van der Waals surface area contributed by atoms with Gasteiger partial charge in [0.2, 0.25) is 0 Å². The summed E-state index contributed by atoms with van der Waals surface area (Å²) < 4.78 is 5.47. The fraction of sp³-hybridized carbons (Fsp3) is 0.182. The van der Waals surface area contributed by atoms with Gasteiger partial charge in [-0.1, -0.05) is 12.1 Å². The van der Waals surface area contributed by atoms with Crippen molar-refractivity contribution < 1.29 is 4.74 Å². The van der Waals surface area contributed by atoms with Crippen molar-refractivity contribution in [2.75, 3.05) is 25.6 Å². The highest BCUT2D eigenvalue weighted by Crippen LogP contribution is 2.28. The molecule has 0 saturated heterocycles. The van der Waals surface area contributed by atoms with Crippen LogP contribution in [0.25, 0.3) is 22.9 Å². The number of hydrogen-bond acceptors (Lipinski definition) is 5. The summed E-state index contributed by atoms with van der Waals surface area (Å²) in [7, 11) is 4.01. The number of ether oxygens (including phenoxy) is 1. The minimum absolute atomic E-state index is 0.565. The Bertz CT molecular complexity index is 964. The maximum atomic E-state index is 9.58. The zero-order chi connectivity index (χ0) is 19.2. The van der Waals surface area contributed by atoms with E-state index in [2.05, 4.69) is 11.1 Å². The molecule has 5 heteroatoms. The van der Waals surface area contributed by atoms with Gasteiger partial charge < -0.3 is 9.64 Å². The van der Waals surface area contributed by atoms with Crippen LogP contribution in [-0.4, -0.2) is 25.7 Å². The Hall–Kier alpha value is -3.10. The fourth-order valence-electron chi connectivity index (χ4n) is 2.60. The molecule has 0 fully saturated rings. The number of nitriles is 1. The van der Waals surface area contributed by atoms with E-state index in [4.69, 9.17) is 4.74 Å². The lowest BCUT2D eigenvalue weighted by atomic mass is 10.1. The van der Waals surface area contributed by atoms with Crippen LogP contribution in [0.1, 0.15) is 17.5 Å². The molecule has 0 saturated carbocycles. The van der Waals surface area contributed by atoms with E-state index in [9.17, 15) is 5.26 Å². The van der Waals surface area contributed by atoms with Crippen LogP contribution in [0.5, 0.6) is 5.75 Å². The van der Waals surface area contributed by atoms with Crippen molar-refractivity contribution in [3.8, 4) is 23.1 Å². The number of anilines is 1. The molecule has 0 N–H and O–H groups in total.